The number of halogens is 1. The normalized spacial score (nSPS) is 11.1. The van der Waals surface area contributed by atoms with Crippen LogP contribution in [-0.2, 0) is 10.0 Å². The van der Waals surface area contributed by atoms with Gasteiger partial charge in [0.2, 0.25) is 5.78 Å². The molecule has 0 aliphatic carbocycles. The molecule has 0 radical (unpaired) electrons. The predicted octanol–water partition coefficient (Wildman–Crippen LogP) is 4.53. The Kier molecular flexibility index (Phi) is 6.16. The number of aromatic nitrogens is 1. The predicted molar refractivity (Wildman–Crippen MR) is 129 cm³/mol. The molecule has 0 amide bonds. The lowest BCUT2D eigenvalue weighted by Gasteiger charge is -2.13. The molecule has 0 fully saturated rings. The van der Waals surface area contributed by atoms with Crippen molar-refractivity contribution in [2.75, 3.05) is 12.8 Å². The van der Waals surface area contributed by atoms with Crippen LogP contribution < -0.4 is 10.5 Å². The van der Waals surface area contributed by atoms with Crippen molar-refractivity contribution in [2.24, 2.45) is 0 Å². The lowest BCUT2D eigenvalue weighted by Crippen LogP contribution is -2.21. The monoisotopic (exact) mass is 489 g/mol. The van der Waals surface area contributed by atoms with Gasteiger partial charge in [0.05, 0.1) is 12.0 Å². The average molecular weight is 490 g/mol. The molecule has 0 saturated heterocycles. The van der Waals surface area contributed by atoms with Gasteiger partial charge in [0, 0.05) is 11.1 Å². The lowest BCUT2D eigenvalue weighted by molar-refractivity contribution is 0.103. The van der Waals surface area contributed by atoms with E-state index < -0.39 is 27.4 Å². The van der Waals surface area contributed by atoms with E-state index in [2.05, 4.69) is 0 Å². The number of nitrogens with zero attached hydrogens (tertiary/aromatic N) is 2. The summed E-state index contributed by atoms with van der Waals surface area (Å²) in [5, 5.41) is 9.91. The van der Waals surface area contributed by atoms with Crippen LogP contribution in [0, 0.1) is 24.1 Å². The number of carbonyl (C=O) groups is 1. The fraction of sp³-hybridized carbons (Fsp3) is 0.0769. The summed E-state index contributed by atoms with van der Waals surface area (Å²) in [6, 6.07) is 19.0. The summed E-state index contributed by atoms with van der Waals surface area (Å²) in [5.74, 6) is -1.13. The highest BCUT2D eigenvalue weighted by molar-refractivity contribution is 7.90. The molecule has 0 bridgehead atoms. The van der Waals surface area contributed by atoms with Crippen LogP contribution in [0.3, 0.4) is 0 Å². The standard InChI is InChI=1S/C26H20FN3O4S/c1-16-3-13-21(14-4-16)35(32,33)30-24(25(31)18-7-11-20(34-2)12-8-18)23(22(15-28)26(30)29)17-5-9-19(27)10-6-17/h3-14H,29H2,1-2H3. The van der Waals surface area contributed by atoms with Crippen LogP contribution in [0.15, 0.2) is 77.7 Å². The van der Waals surface area contributed by atoms with Crippen molar-refractivity contribution < 1.29 is 22.3 Å². The van der Waals surface area contributed by atoms with E-state index in [0.29, 0.717) is 9.72 Å². The Hall–Kier alpha value is -4.42. The summed E-state index contributed by atoms with van der Waals surface area (Å²) in [5.41, 5.74) is 6.94. The first kappa shape index (κ1) is 23.7. The van der Waals surface area contributed by atoms with E-state index in [1.54, 1.807) is 31.2 Å². The minimum Gasteiger partial charge on any atom is -0.497 e. The van der Waals surface area contributed by atoms with Crippen molar-refractivity contribution >= 4 is 21.6 Å². The van der Waals surface area contributed by atoms with Crippen LogP contribution in [0.2, 0.25) is 0 Å². The van der Waals surface area contributed by atoms with Gasteiger partial charge >= 0.3 is 0 Å². The molecule has 0 aliphatic rings. The number of benzene rings is 3. The Morgan fingerprint density at radius 3 is 2.14 bits per heavy atom. The van der Waals surface area contributed by atoms with E-state index in [4.69, 9.17) is 10.5 Å². The molecule has 0 saturated carbocycles. The zero-order valence-corrected chi connectivity index (χ0v) is 19.6. The zero-order chi connectivity index (χ0) is 25.3. The highest BCUT2D eigenvalue weighted by Crippen LogP contribution is 2.38. The number of nitriles is 1. The quantitative estimate of drug-likeness (QED) is 0.398. The molecule has 3 aromatic carbocycles. The van der Waals surface area contributed by atoms with E-state index >= 15 is 0 Å². The van der Waals surface area contributed by atoms with Crippen LogP contribution in [0.1, 0.15) is 27.2 Å². The van der Waals surface area contributed by atoms with Gasteiger partial charge in [0.15, 0.2) is 0 Å². The van der Waals surface area contributed by atoms with E-state index in [0.717, 1.165) is 17.7 Å². The van der Waals surface area contributed by atoms with Crippen molar-refractivity contribution in [2.45, 2.75) is 11.8 Å². The van der Waals surface area contributed by atoms with Crippen molar-refractivity contribution in [1.29, 1.82) is 5.26 Å². The molecule has 2 N–H and O–H groups in total. The van der Waals surface area contributed by atoms with Gasteiger partial charge in [-0.2, -0.15) is 5.26 Å². The second kappa shape index (κ2) is 9.08. The van der Waals surface area contributed by atoms with E-state index in [9.17, 15) is 22.9 Å². The highest BCUT2D eigenvalue weighted by atomic mass is 32.2. The van der Waals surface area contributed by atoms with Crippen LogP contribution in [0.25, 0.3) is 11.1 Å². The number of methoxy groups -OCH3 is 1. The molecular formula is C26H20FN3O4S. The second-order valence-corrected chi connectivity index (χ2v) is 9.53. The summed E-state index contributed by atoms with van der Waals surface area (Å²) in [7, 11) is -2.92. The van der Waals surface area contributed by atoms with E-state index in [1.165, 1.54) is 43.5 Å². The summed E-state index contributed by atoms with van der Waals surface area (Å²) in [6.07, 6.45) is 0. The Labute approximate surface area is 201 Å². The Morgan fingerprint density at radius 1 is 1.00 bits per heavy atom. The third-order valence-electron chi connectivity index (χ3n) is 5.54. The topological polar surface area (TPSA) is 115 Å². The van der Waals surface area contributed by atoms with Crippen molar-refractivity contribution in [3.63, 3.8) is 0 Å². The molecule has 0 atom stereocenters. The Bertz CT molecular complexity index is 1570. The molecule has 1 heterocycles. The van der Waals surface area contributed by atoms with Gasteiger partial charge in [-0.15, -0.1) is 0 Å². The number of nitrogen functional groups attached to an aromatic ring is 1. The molecule has 7 nitrogen and oxygen atoms in total. The second-order valence-electron chi connectivity index (χ2n) is 7.74. The van der Waals surface area contributed by atoms with Gasteiger partial charge in [-0.3, -0.25) is 4.79 Å². The van der Waals surface area contributed by atoms with Gasteiger partial charge in [0.25, 0.3) is 10.0 Å². The van der Waals surface area contributed by atoms with E-state index in [-0.39, 0.29) is 32.8 Å². The number of nitrogens with two attached hydrogens (primary N) is 1. The number of hydrogen-bond acceptors (Lipinski definition) is 6. The highest BCUT2D eigenvalue weighted by Gasteiger charge is 2.34. The zero-order valence-electron chi connectivity index (χ0n) is 18.8. The van der Waals surface area contributed by atoms with Crippen molar-refractivity contribution in [3.8, 4) is 22.9 Å². The third-order valence-corrected chi connectivity index (χ3v) is 7.26. The first-order valence-electron chi connectivity index (χ1n) is 10.4. The molecule has 35 heavy (non-hydrogen) atoms. The molecule has 0 spiro atoms. The summed E-state index contributed by atoms with van der Waals surface area (Å²) in [4.78, 5) is 13.7. The van der Waals surface area contributed by atoms with Crippen LogP contribution in [-0.4, -0.2) is 25.3 Å². The van der Waals surface area contributed by atoms with Gasteiger partial charge in [-0.25, -0.2) is 16.8 Å². The molecular weight excluding hydrogens is 469 g/mol. The SMILES string of the molecule is COc1ccc(C(=O)c2c(-c3ccc(F)cc3)c(C#N)c(N)n2S(=O)(=O)c2ccc(C)cc2)cc1. The Morgan fingerprint density at radius 2 is 1.60 bits per heavy atom. The van der Waals surface area contributed by atoms with Gasteiger partial charge in [-0.1, -0.05) is 29.8 Å². The minimum atomic E-state index is -4.39. The number of ketones is 1. The molecule has 0 aliphatic heterocycles. The minimum absolute atomic E-state index is 0.00139. The van der Waals surface area contributed by atoms with Crippen molar-refractivity contribution in [3.05, 3.63) is 101 Å². The summed E-state index contributed by atoms with van der Waals surface area (Å²) >= 11 is 0. The lowest BCUT2D eigenvalue weighted by atomic mass is 9.97. The van der Waals surface area contributed by atoms with Crippen LogP contribution in [0.4, 0.5) is 10.2 Å². The van der Waals surface area contributed by atoms with Crippen LogP contribution >= 0.6 is 0 Å². The molecule has 0 unspecified atom stereocenters. The number of ether oxygens (including phenoxy) is 1. The number of rotatable bonds is 6. The number of hydrogen-bond donors (Lipinski definition) is 1. The first-order valence-corrected chi connectivity index (χ1v) is 11.8. The van der Waals surface area contributed by atoms with Gasteiger partial charge in [-0.05, 0) is 61.0 Å². The largest absolute Gasteiger partial charge is 0.497 e. The summed E-state index contributed by atoms with van der Waals surface area (Å²) in [6.45, 7) is 1.81. The number of aryl methyl sites for hydroxylation is 1. The fourth-order valence-corrected chi connectivity index (χ4v) is 5.19. The maximum atomic E-state index is 13.8. The van der Waals surface area contributed by atoms with Crippen LogP contribution in [0.5, 0.6) is 5.75 Å². The fourth-order valence-electron chi connectivity index (χ4n) is 3.73. The molecule has 176 valence electrons. The van der Waals surface area contributed by atoms with E-state index in [1.807, 2.05) is 6.07 Å². The summed E-state index contributed by atoms with van der Waals surface area (Å²) < 4.78 is 46.9. The van der Waals surface area contributed by atoms with Gasteiger partial charge < -0.3 is 10.5 Å². The first-order chi connectivity index (χ1) is 16.7. The molecule has 1 aromatic heterocycles. The maximum Gasteiger partial charge on any atom is 0.270 e. The Balaban J connectivity index is 2.07. The average Bonchev–Trinajstić information content (AvgIpc) is 3.17. The molecule has 4 aromatic rings. The number of anilines is 1. The van der Waals surface area contributed by atoms with Gasteiger partial charge in [0.1, 0.15) is 34.7 Å². The maximum absolute atomic E-state index is 13.8. The molecule has 9 heteroatoms. The smallest absolute Gasteiger partial charge is 0.270 e. The third kappa shape index (κ3) is 4.16. The van der Waals surface area contributed by atoms with Crippen molar-refractivity contribution in [1.82, 2.24) is 3.97 Å². The number of carbonyl (C=O) groups excluding carboxylic acids is 1. The molecule has 4 rings (SSSR count).